The molecular formula is C27H30F2N4O3. The Morgan fingerprint density at radius 2 is 2.06 bits per heavy atom. The first-order valence-corrected chi connectivity index (χ1v) is 12.8. The van der Waals surface area contributed by atoms with Crippen LogP contribution in [0, 0.1) is 5.92 Å². The van der Waals surface area contributed by atoms with Crippen molar-refractivity contribution in [2.45, 2.75) is 82.4 Å². The Labute approximate surface area is 207 Å². The zero-order valence-corrected chi connectivity index (χ0v) is 20.2. The highest BCUT2D eigenvalue weighted by molar-refractivity contribution is 5.86. The maximum Gasteiger partial charge on any atom is 0.388 e. The van der Waals surface area contributed by atoms with Gasteiger partial charge in [0.2, 0.25) is 5.88 Å². The number of aryl methyl sites for hydroxylation is 1. The van der Waals surface area contributed by atoms with Gasteiger partial charge in [0.1, 0.15) is 5.82 Å². The lowest BCUT2D eigenvalue weighted by atomic mass is 9.85. The minimum Gasteiger partial charge on any atom is -0.481 e. The van der Waals surface area contributed by atoms with E-state index in [0.717, 1.165) is 66.6 Å². The highest BCUT2D eigenvalue weighted by atomic mass is 19.3. The maximum absolute atomic E-state index is 12.6. The molecule has 190 valence electrons. The smallest absolute Gasteiger partial charge is 0.388 e. The molecule has 1 aliphatic heterocycles. The number of ether oxygens (including phenoxy) is 1. The third kappa shape index (κ3) is 3.89. The molecule has 2 N–H and O–H groups in total. The fourth-order valence-electron chi connectivity index (χ4n) is 6.22. The number of anilines is 1. The maximum atomic E-state index is 12.6. The van der Waals surface area contributed by atoms with Gasteiger partial charge in [0, 0.05) is 35.6 Å². The third-order valence-corrected chi connectivity index (χ3v) is 8.23. The van der Waals surface area contributed by atoms with Crippen molar-refractivity contribution in [1.29, 1.82) is 0 Å². The predicted octanol–water partition coefficient (Wildman–Crippen LogP) is 5.68. The number of carboxylic acids is 1. The number of imidazole rings is 1. The molecule has 7 nitrogen and oxygen atoms in total. The Balaban J connectivity index is 1.48. The van der Waals surface area contributed by atoms with Gasteiger partial charge in [-0.3, -0.25) is 4.79 Å². The fourth-order valence-corrected chi connectivity index (χ4v) is 6.22. The van der Waals surface area contributed by atoms with Gasteiger partial charge in [0.15, 0.2) is 0 Å². The fraction of sp³-hybridized carbons (Fsp3) is 0.519. The number of aromatic nitrogens is 3. The summed E-state index contributed by atoms with van der Waals surface area (Å²) in [6.45, 7) is -0.739. The first-order chi connectivity index (χ1) is 17.4. The van der Waals surface area contributed by atoms with Gasteiger partial charge >= 0.3 is 12.6 Å². The summed E-state index contributed by atoms with van der Waals surface area (Å²) in [6, 6.07) is 7.99. The van der Waals surface area contributed by atoms with E-state index in [2.05, 4.69) is 38.7 Å². The van der Waals surface area contributed by atoms with Crippen LogP contribution in [0.2, 0.25) is 0 Å². The van der Waals surface area contributed by atoms with Gasteiger partial charge in [0.25, 0.3) is 0 Å². The summed E-state index contributed by atoms with van der Waals surface area (Å²) in [6.07, 6.45) is 8.38. The van der Waals surface area contributed by atoms with Crippen molar-refractivity contribution in [2.75, 3.05) is 5.32 Å². The van der Waals surface area contributed by atoms with E-state index < -0.39 is 12.6 Å². The van der Waals surface area contributed by atoms with E-state index in [1.165, 1.54) is 11.6 Å². The summed E-state index contributed by atoms with van der Waals surface area (Å²) in [7, 11) is 0. The van der Waals surface area contributed by atoms with Crippen LogP contribution in [0.15, 0.2) is 30.5 Å². The minimum atomic E-state index is -2.92. The topological polar surface area (TPSA) is 89.3 Å². The number of hydrogen-bond acceptors (Lipinski definition) is 5. The van der Waals surface area contributed by atoms with Crippen molar-refractivity contribution < 1.29 is 23.4 Å². The molecule has 0 radical (unpaired) electrons. The normalized spacial score (nSPS) is 24.8. The van der Waals surface area contributed by atoms with Gasteiger partial charge in [0.05, 0.1) is 22.4 Å². The molecule has 1 aromatic carbocycles. The van der Waals surface area contributed by atoms with Gasteiger partial charge in [-0.2, -0.15) is 8.78 Å². The van der Waals surface area contributed by atoms with Gasteiger partial charge in [-0.25, -0.2) is 9.97 Å². The van der Waals surface area contributed by atoms with Crippen molar-refractivity contribution in [3.8, 4) is 5.88 Å². The Morgan fingerprint density at radius 3 is 2.75 bits per heavy atom. The van der Waals surface area contributed by atoms with Crippen LogP contribution in [0.5, 0.6) is 5.88 Å². The molecule has 0 amide bonds. The predicted molar refractivity (Wildman–Crippen MR) is 131 cm³/mol. The Morgan fingerprint density at radius 1 is 1.22 bits per heavy atom. The number of carbonyl (C=O) groups is 1. The van der Waals surface area contributed by atoms with E-state index in [-0.39, 0.29) is 23.3 Å². The lowest BCUT2D eigenvalue weighted by Gasteiger charge is -2.31. The van der Waals surface area contributed by atoms with Crippen LogP contribution in [0.25, 0.3) is 11.0 Å². The molecule has 2 aromatic heterocycles. The number of nitrogens with zero attached hydrogens (tertiary/aromatic N) is 3. The number of pyridine rings is 1. The van der Waals surface area contributed by atoms with E-state index in [1.807, 2.05) is 0 Å². The van der Waals surface area contributed by atoms with Crippen LogP contribution in [0.1, 0.15) is 74.9 Å². The van der Waals surface area contributed by atoms with Crippen LogP contribution >= 0.6 is 0 Å². The number of alkyl halides is 2. The molecule has 2 saturated carbocycles. The zero-order chi connectivity index (χ0) is 25.0. The Kier molecular flexibility index (Phi) is 5.61. The highest BCUT2D eigenvalue weighted by Gasteiger charge is 2.51. The molecule has 0 unspecified atom stereocenters. The average molecular weight is 497 g/mol. The van der Waals surface area contributed by atoms with Crippen molar-refractivity contribution in [3.63, 3.8) is 0 Å². The molecule has 0 saturated heterocycles. The molecule has 3 aliphatic rings. The van der Waals surface area contributed by atoms with E-state index in [9.17, 15) is 18.7 Å². The number of aliphatic carboxylic acids is 1. The van der Waals surface area contributed by atoms with Gasteiger partial charge in [-0.1, -0.05) is 12.5 Å². The van der Waals surface area contributed by atoms with Crippen molar-refractivity contribution in [1.82, 2.24) is 14.5 Å². The lowest BCUT2D eigenvalue weighted by Crippen LogP contribution is -2.27. The molecule has 3 aromatic rings. The van der Waals surface area contributed by atoms with Crippen molar-refractivity contribution in [2.24, 2.45) is 5.92 Å². The van der Waals surface area contributed by atoms with Crippen LogP contribution in [0.4, 0.5) is 14.5 Å². The van der Waals surface area contributed by atoms with Gasteiger partial charge in [-0.15, -0.1) is 0 Å². The first kappa shape index (κ1) is 23.2. The zero-order valence-electron chi connectivity index (χ0n) is 20.2. The summed E-state index contributed by atoms with van der Waals surface area (Å²) >= 11 is 0. The average Bonchev–Trinajstić information content (AvgIpc) is 3.57. The second kappa shape index (κ2) is 8.71. The molecule has 0 spiro atoms. The number of carboxylic acid groups (broad SMARTS) is 1. The van der Waals surface area contributed by atoms with Crippen LogP contribution in [-0.4, -0.2) is 38.3 Å². The number of nitrogens with one attached hydrogen (secondary N) is 1. The number of hydrogen-bond donors (Lipinski definition) is 2. The second-order valence-corrected chi connectivity index (χ2v) is 10.6. The summed E-state index contributed by atoms with van der Waals surface area (Å²) < 4.78 is 32.0. The number of benzene rings is 1. The van der Waals surface area contributed by atoms with Crippen LogP contribution < -0.4 is 10.1 Å². The monoisotopic (exact) mass is 496 g/mol. The van der Waals surface area contributed by atoms with Crippen LogP contribution in [0.3, 0.4) is 0 Å². The molecular weight excluding hydrogens is 466 g/mol. The summed E-state index contributed by atoms with van der Waals surface area (Å²) in [5, 5.41) is 13.3. The molecule has 2 aliphatic carbocycles. The van der Waals surface area contributed by atoms with E-state index >= 15 is 0 Å². The molecule has 3 heterocycles. The first-order valence-electron chi connectivity index (χ1n) is 12.8. The number of fused-ring (bicyclic) bond motifs is 3. The molecule has 9 heteroatoms. The third-order valence-electron chi connectivity index (χ3n) is 8.23. The standard InChI is InChI=1S/C27H30F2N4O3/c1-15-5-7-19-20(31-15)8-9-21-23(19)32-25(33(21)18-4-2-3-16(13-18)24(34)35)27(11-12-27)17-6-10-22(30-14-17)36-26(28)29/h6,8-10,14-16,18,26,31H,2-5,7,11-13H2,1H3,(H,34,35)/t15-,16+,18+/m0/s1. The SMILES string of the molecule is C[C@H]1CCc2c(ccc3c2nc(C2(c4ccc(OC(F)F)nc4)CC2)n3[C@@H]2CCC[C@@H](C(=O)O)C2)N1. The Hall–Kier alpha value is -3.23. The summed E-state index contributed by atoms with van der Waals surface area (Å²) in [5.74, 6) is -0.272. The molecule has 2 fully saturated rings. The largest absolute Gasteiger partial charge is 0.481 e. The summed E-state index contributed by atoms with van der Waals surface area (Å²) in [4.78, 5) is 21.3. The molecule has 0 bridgehead atoms. The second-order valence-electron chi connectivity index (χ2n) is 10.6. The number of halogens is 2. The summed E-state index contributed by atoms with van der Waals surface area (Å²) in [5.41, 5.74) is 4.92. The van der Waals surface area contributed by atoms with Crippen molar-refractivity contribution >= 4 is 22.7 Å². The highest BCUT2D eigenvalue weighted by Crippen LogP contribution is 2.55. The molecule has 3 atom stereocenters. The quantitative estimate of drug-likeness (QED) is 0.457. The minimum absolute atomic E-state index is 0.0419. The lowest BCUT2D eigenvalue weighted by molar-refractivity contribution is -0.143. The van der Waals surface area contributed by atoms with E-state index in [0.29, 0.717) is 18.9 Å². The molecule has 36 heavy (non-hydrogen) atoms. The molecule has 6 rings (SSSR count). The van der Waals surface area contributed by atoms with Crippen LogP contribution in [-0.2, 0) is 16.6 Å². The van der Waals surface area contributed by atoms with Gasteiger partial charge < -0.3 is 19.7 Å². The van der Waals surface area contributed by atoms with Crippen molar-refractivity contribution in [3.05, 3.63) is 47.4 Å². The Bertz CT molecular complexity index is 1300. The van der Waals surface area contributed by atoms with E-state index in [4.69, 9.17) is 4.98 Å². The van der Waals surface area contributed by atoms with Gasteiger partial charge in [-0.05, 0) is 69.6 Å². The van der Waals surface area contributed by atoms with E-state index in [1.54, 1.807) is 12.3 Å². The number of rotatable bonds is 6.